The fourth-order valence-corrected chi connectivity index (χ4v) is 1.65. The highest BCUT2D eigenvalue weighted by atomic mass is 79.9. The summed E-state index contributed by atoms with van der Waals surface area (Å²) in [6.45, 7) is 3.94. The summed E-state index contributed by atoms with van der Waals surface area (Å²) < 4.78 is 2.39. The molecule has 1 aromatic rings. The van der Waals surface area contributed by atoms with Crippen LogP contribution in [-0.4, -0.2) is 15.6 Å². The van der Waals surface area contributed by atoms with Crippen molar-refractivity contribution in [3.05, 3.63) is 16.4 Å². The van der Waals surface area contributed by atoms with Crippen molar-refractivity contribution in [1.82, 2.24) is 9.78 Å². The summed E-state index contributed by atoms with van der Waals surface area (Å²) in [5, 5.41) is 4.00. The standard InChI is InChI=1S/C9H13BrN2O/c1-4-6(2)9(13)8-7(10)5-11-12(8)3/h5-6H,4H2,1-3H3. The highest BCUT2D eigenvalue weighted by Crippen LogP contribution is 2.19. The average Bonchev–Trinajstić information content (AvgIpc) is 2.44. The first kappa shape index (κ1) is 10.4. The third-order valence-electron chi connectivity index (χ3n) is 2.19. The van der Waals surface area contributed by atoms with E-state index in [2.05, 4.69) is 21.0 Å². The van der Waals surface area contributed by atoms with Gasteiger partial charge in [0.25, 0.3) is 0 Å². The molecule has 0 N–H and O–H groups in total. The number of aryl methyl sites for hydroxylation is 1. The van der Waals surface area contributed by atoms with E-state index in [0.29, 0.717) is 5.69 Å². The summed E-state index contributed by atoms with van der Waals surface area (Å²) >= 11 is 3.31. The van der Waals surface area contributed by atoms with Gasteiger partial charge in [0, 0.05) is 13.0 Å². The molecule has 0 aliphatic heterocycles. The van der Waals surface area contributed by atoms with Gasteiger partial charge in [0.05, 0.1) is 10.7 Å². The fourth-order valence-electron chi connectivity index (χ4n) is 1.11. The predicted molar refractivity (Wildman–Crippen MR) is 54.7 cm³/mol. The SMILES string of the molecule is CCC(C)C(=O)c1c(Br)cnn1C. The zero-order chi connectivity index (χ0) is 10.0. The zero-order valence-electron chi connectivity index (χ0n) is 8.04. The van der Waals surface area contributed by atoms with Crippen molar-refractivity contribution in [2.24, 2.45) is 13.0 Å². The Kier molecular flexibility index (Phi) is 3.25. The van der Waals surface area contributed by atoms with Crippen molar-refractivity contribution in [3.63, 3.8) is 0 Å². The quantitative estimate of drug-likeness (QED) is 0.766. The number of rotatable bonds is 3. The first-order chi connectivity index (χ1) is 6.07. The molecule has 0 bridgehead atoms. The fraction of sp³-hybridized carbons (Fsp3) is 0.556. The maximum atomic E-state index is 11.8. The van der Waals surface area contributed by atoms with E-state index < -0.39 is 0 Å². The third-order valence-corrected chi connectivity index (χ3v) is 2.77. The Morgan fingerprint density at radius 3 is 2.77 bits per heavy atom. The van der Waals surface area contributed by atoms with E-state index >= 15 is 0 Å². The van der Waals surface area contributed by atoms with Crippen molar-refractivity contribution < 1.29 is 4.79 Å². The lowest BCUT2D eigenvalue weighted by Crippen LogP contribution is -2.15. The molecule has 4 heteroatoms. The molecule has 0 aliphatic rings. The number of hydrogen-bond acceptors (Lipinski definition) is 2. The molecule has 1 unspecified atom stereocenters. The molecule has 0 saturated carbocycles. The predicted octanol–water partition coefficient (Wildman–Crippen LogP) is 2.41. The smallest absolute Gasteiger partial charge is 0.184 e. The van der Waals surface area contributed by atoms with Gasteiger partial charge in [-0.3, -0.25) is 9.48 Å². The van der Waals surface area contributed by atoms with Crippen LogP contribution in [0.1, 0.15) is 30.8 Å². The summed E-state index contributed by atoms with van der Waals surface area (Å²) in [7, 11) is 1.78. The Hall–Kier alpha value is -0.640. The molecule has 1 heterocycles. The minimum atomic E-state index is 0.0618. The Morgan fingerprint density at radius 1 is 1.77 bits per heavy atom. The summed E-state index contributed by atoms with van der Waals surface area (Å²) in [6, 6.07) is 0. The molecular formula is C9H13BrN2O. The molecule has 0 saturated heterocycles. The van der Waals surface area contributed by atoms with Gasteiger partial charge in [-0.1, -0.05) is 13.8 Å². The number of carbonyl (C=O) groups is 1. The van der Waals surface area contributed by atoms with Crippen LogP contribution in [0.3, 0.4) is 0 Å². The van der Waals surface area contributed by atoms with Gasteiger partial charge in [-0.2, -0.15) is 5.10 Å². The Balaban J connectivity index is 3.01. The van der Waals surface area contributed by atoms with Gasteiger partial charge in [0.2, 0.25) is 0 Å². The van der Waals surface area contributed by atoms with Gasteiger partial charge in [-0.05, 0) is 22.4 Å². The van der Waals surface area contributed by atoms with Crippen LogP contribution in [0.25, 0.3) is 0 Å². The molecule has 0 spiro atoms. The van der Waals surface area contributed by atoms with Crippen LogP contribution in [-0.2, 0) is 7.05 Å². The van der Waals surface area contributed by atoms with Crippen LogP contribution >= 0.6 is 15.9 Å². The molecule has 0 radical (unpaired) electrons. The van der Waals surface area contributed by atoms with Gasteiger partial charge in [0.1, 0.15) is 5.69 Å². The van der Waals surface area contributed by atoms with Crippen LogP contribution in [0.4, 0.5) is 0 Å². The van der Waals surface area contributed by atoms with Gasteiger partial charge in [-0.25, -0.2) is 0 Å². The number of ketones is 1. The lowest BCUT2D eigenvalue weighted by molar-refractivity contribution is 0.0917. The molecule has 1 aromatic heterocycles. The van der Waals surface area contributed by atoms with Crippen molar-refractivity contribution in [3.8, 4) is 0 Å². The second-order valence-corrected chi connectivity index (χ2v) is 3.99. The van der Waals surface area contributed by atoms with Gasteiger partial charge < -0.3 is 0 Å². The molecule has 0 amide bonds. The number of halogens is 1. The lowest BCUT2D eigenvalue weighted by Gasteiger charge is -2.07. The molecule has 0 aromatic carbocycles. The van der Waals surface area contributed by atoms with Crippen LogP contribution in [0.5, 0.6) is 0 Å². The molecule has 72 valence electrons. The van der Waals surface area contributed by atoms with Gasteiger partial charge in [0.15, 0.2) is 5.78 Å². The van der Waals surface area contributed by atoms with Crippen molar-refractivity contribution in [2.45, 2.75) is 20.3 Å². The lowest BCUT2D eigenvalue weighted by atomic mass is 10.0. The Morgan fingerprint density at radius 2 is 2.38 bits per heavy atom. The highest BCUT2D eigenvalue weighted by Gasteiger charge is 2.19. The zero-order valence-corrected chi connectivity index (χ0v) is 9.63. The van der Waals surface area contributed by atoms with Crippen LogP contribution in [0.2, 0.25) is 0 Å². The second-order valence-electron chi connectivity index (χ2n) is 3.14. The molecule has 3 nitrogen and oxygen atoms in total. The van der Waals surface area contributed by atoms with Gasteiger partial charge in [-0.15, -0.1) is 0 Å². The summed E-state index contributed by atoms with van der Waals surface area (Å²) in [4.78, 5) is 11.8. The van der Waals surface area contributed by atoms with E-state index in [1.807, 2.05) is 13.8 Å². The third kappa shape index (κ3) is 1.99. The van der Waals surface area contributed by atoms with Gasteiger partial charge >= 0.3 is 0 Å². The minimum absolute atomic E-state index is 0.0618. The average molecular weight is 245 g/mol. The largest absolute Gasteiger partial charge is 0.292 e. The highest BCUT2D eigenvalue weighted by molar-refractivity contribution is 9.10. The van der Waals surface area contributed by atoms with E-state index in [-0.39, 0.29) is 11.7 Å². The summed E-state index contributed by atoms with van der Waals surface area (Å²) in [5.74, 6) is 0.209. The van der Waals surface area contributed by atoms with Crippen LogP contribution in [0, 0.1) is 5.92 Å². The van der Waals surface area contributed by atoms with E-state index in [0.717, 1.165) is 10.9 Å². The van der Waals surface area contributed by atoms with E-state index in [9.17, 15) is 4.79 Å². The number of hydrogen-bond donors (Lipinski definition) is 0. The van der Waals surface area contributed by atoms with E-state index in [4.69, 9.17) is 0 Å². The van der Waals surface area contributed by atoms with Crippen molar-refractivity contribution in [2.75, 3.05) is 0 Å². The second kappa shape index (κ2) is 4.05. The first-order valence-electron chi connectivity index (χ1n) is 4.29. The summed E-state index contributed by atoms with van der Waals surface area (Å²) in [6.07, 6.45) is 2.51. The van der Waals surface area contributed by atoms with Crippen LogP contribution < -0.4 is 0 Å². The van der Waals surface area contributed by atoms with E-state index in [1.54, 1.807) is 17.9 Å². The maximum Gasteiger partial charge on any atom is 0.184 e. The maximum absolute atomic E-state index is 11.8. The topological polar surface area (TPSA) is 34.9 Å². The number of Topliss-reactive ketones (excluding diaryl/α,β-unsaturated/α-hetero) is 1. The normalized spacial score (nSPS) is 12.9. The number of carbonyl (C=O) groups excluding carboxylic acids is 1. The van der Waals surface area contributed by atoms with Crippen LogP contribution in [0.15, 0.2) is 10.7 Å². The molecule has 0 fully saturated rings. The Labute approximate surface area is 86.3 Å². The molecule has 0 aliphatic carbocycles. The monoisotopic (exact) mass is 244 g/mol. The molecular weight excluding hydrogens is 232 g/mol. The number of aromatic nitrogens is 2. The minimum Gasteiger partial charge on any atom is -0.292 e. The van der Waals surface area contributed by atoms with Crippen molar-refractivity contribution in [1.29, 1.82) is 0 Å². The van der Waals surface area contributed by atoms with E-state index in [1.165, 1.54) is 0 Å². The molecule has 1 rings (SSSR count). The molecule has 1 atom stereocenters. The van der Waals surface area contributed by atoms with Crippen molar-refractivity contribution >= 4 is 21.7 Å². The molecule has 13 heavy (non-hydrogen) atoms. The summed E-state index contributed by atoms with van der Waals surface area (Å²) in [5.41, 5.74) is 0.661. The number of nitrogens with zero attached hydrogens (tertiary/aromatic N) is 2. The Bertz CT molecular complexity index is 300. The first-order valence-corrected chi connectivity index (χ1v) is 5.09.